The van der Waals surface area contributed by atoms with Gasteiger partial charge in [0.25, 0.3) is 0 Å². The van der Waals surface area contributed by atoms with Crippen molar-refractivity contribution in [1.29, 1.82) is 0 Å². The topological polar surface area (TPSA) is 33.6 Å². The van der Waals surface area contributed by atoms with Gasteiger partial charge in [-0.25, -0.2) is 0 Å². The summed E-state index contributed by atoms with van der Waals surface area (Å²) in [4.78, 5) is 4.76. The van der Waals surface area contributed by atoms with Crippen molar-refractivity contribution in [2.45, 2.75) is 31.8 Å². The van der Waals surface area contributed by atoms with Crippen molar-refractivity contribution < 1.29 is 4.74 Å². The molecular weight excluding hydrogens is 256 g/mol. The number of methoxy groups -OCH3 is 1. The lowest BCUT2D eigenvalue weighted by molar-refractivity contribution is 0.187. The number of aliphatic imine (C=N–C) groups is 1. The van der Waals surface area contributed by atoms with Gasteiger partial charge in [0, 0.05) is 25.5 Å². The molecule has 0 saturated carbocycles. The molecule has 2 atom stereocenters. The molecule has 1 N–H and O–H groups in total. The SMILES string of the molecule is COCCC(C)NC1=NC(Cc2ccccc2)CS1. The third kappa shape index (κ3) is 4.88. The summed E-state index contributed by atoms with van der Waals surface area (Å²) < 4.78 is 5.09. The minimum Gasteiger partial charge on any atom is -0.385 e. The van der Waals surface area contributed by atoms with Crippen LogP contribution in [0.3, 0.4) is 0 Å². The highest BCUT2D eigenvalue weighted by molar-refractivity contribution is 8.14. The number of benzene rings is 1. The smallest absolute Gasteiger partial charge is 0.157 e. The standard InChI is InChI=1S/C15H22N2OS/c1-12(8-9-18-2)16-15-17-14(11-19-15)10-13-6-4-3-5-7-13/h3-7,12,14H,8-11H2,1-2H3,(H,16,17). The Bertz CT molecular complexity index is 408. The second-order valence-electron chi connectivity index (χ2n) is 4.92. The van der Waals surface area contributed by atoms with Crippen LogP contribution in [0.5, 0.6) is 0 Å². The number of amidine groups is 1. The lowest BCUT2D eigenvalue weighted by Gasteiger charge is -2.13. The molecule has 0 aliphatic carbocycles. The molecule has 0 spiro atoms. The molecule has 1 aromatic rings. The van der Waals surface area contributed by atoms with Crippen molar-refractivity contribution in [2.75, 3.05) is 19.5 Å². The Labute approximate surface area is 119 Å². The fourth-order valence-electron chi connectivity index (χ4n) is 2.06. The van der Waals surface area contributed by atoms with E-state index in [0.29, 0.717) is 12.1 Å². The van der Waals surface area contributed by atoms with Crippen molar-refractivity contribution in [3.8, 4) is 0 Å². The van der Waals surface area contributed by atoms with Gasteiger partial charge in [0.1, 0.15) is 0 Å². The highest BCUT2D eigenvalue weighted by Crippen LogP contribution is 2.20. The maximum atomic E-state index is 5.09. The van der Waals surface area contributed by atoms with E-state index in [1.807, 2.05) is 11.8 Å². The van der Waals surface area contributed by atoms with Crippen LogP contribution in [0.4, 0.5) is 0 Å². The Morgan fingerprint density at radius 1 is 1.42 bits per heavy atom. The van der Waals surface area contributed by atoms with Crippen LogP contribution in [0.25, 0.3) is 0 Å². The predicted octanol–water partition coefficient (Wildman–Crippen LogP) is 2.72. The molecule has 0 radical (unpaired) electrons. The second-order valence-corrected chi connectivity index (χ2v) is 5.92. The largest absolute Gasteiger partial charge is 0.385 e. The van der Waals surface area contributed by atoms with Crippen LogP contribution in [0.1, 0.15) is 18.9 Å². The molecule has 0 bridgehead atoms. The van der Waals surface area contributed by atoms with Gasteiger partial charge in [0.15, 0.2) is 5.17 Å². The van der Waals surface area contributed by atoms with E-state index >= 15 is 0 Å². The Morgan fingerprint density at radius 3 is 2.95 bits per heavy atom. The van der Waals surface area contributed by atoms with Crippen LogP contribution < -0.4 is 5.32 Å². The Balaban J connectivity index is 1.80. The van der Waals surface area contributed by atoms with Crippen LogP contribution in [0.15, 0.2) is 35.3 Å². The summed E-state index contributed by atoms with van der Waals surface area (Å²) in [6, 6.07) is 11.4. The number of thioether (sulfide) groups is 1. The van der Waals surface area contributed by atoms with Gasteiger partial charge >= 0.3 is 0 Å². The fourth-order valence-corrected chi connectivity index (χ4v) is 3.11. The molecule has 104 valence electrons. The van der Waals surface area contributed by atoms with Gasteiger partial charge in [-0.3, -0.25) is 4.99 Å². The molecular formula is C15H22N2OS. The molecule has 0 aromatic heterocycles. The molecule has 0 fully saturated rings. The van der Waals surface area contributed by atoms with E-state index in [2.05, 4.69) is 42.6 Å². The summed E-state index contributed by atoms with van der Waals surface area (Å²) in [5.41, 5.74) is 1.37. The minimum absolute atomic E-state index is 0.407. The van der Waals surface area contributed by atoms with E-state index in [1.54, 1.807) is 7.11 Å². The van der Waals surface area contributed by atoms with Gasteiger partial charge in [0.05, 0.1) is 6.04 Å². The van der Waals surface area contributed by atoms with Crippen molar-refractivity contribution in [3.63, 3.8) is 0 Å². The molecule has 2 rings (SSSR count). The number of rotatable bonds is 6. The van der Waals surface area contributed by atoms with Crippen LogP contribution in [0.2, 0.25) is 0 Å². The first kappa shape index (κ1) is 14.4. The second kappa shape index (κ2) is 7.56. The summed E-state index contributed by atoms with van der Waals surface area (Å²) in [7, 11) is 1.74. The first-order chi connectivity index (χ1) is 9.28. The molecule has 19 heavy (non-hydrogen) atoms. The van der Waals surface area contributed by atoms with Crippen LogP contribution >= 0.6 is 11.8 Å². The number of hydrogen-bond donors (Lipinski definition) is 1. The maximum absolute atomic E-state index is 5.09. The van der Waals surface area contributed by atoms with Gasteiger partial charge in [0.2, 0.25) is 0 Å². The molecule has 0 amide bonds. The van der Waals surface area contributed by atoms with Gasteiger partial charge in [-0.15, -0.1) is 0 Å². The van der Waals surface area contributed by atoms with E-state index < -0.39 is 0 Å². The zero-order valence-corrected chi connectivity index (χ0v) is 12.5. The van der Waals surface area contributed by atoms with E-state index in [1.165, 1.54) is 5.56 Å². The van der Waals surface area contributed by atoms with E-state index in [0.717, 1.165) is 30.4 Å². The summed E-state index contributed by atoms with van der Waals surface area (Å²) in [5, 5.41) is 4.55. The molecule has 0 saturated heterocycles. The molecule has 1 aliphatic rings. The van der Waals surface area contributed by atoms with Gasteiger partial charge < -0.3 is 10.1 Å². The van der Waals surface area contributed by atoms with E-state index in [-0.39, 0.29) is 0 Å². The highest BCUT2D eigenvalue weighted by Gasteiger charge is 2.19. The molecule has 1 aromatic carbocycles. The predicted molar refractivity (Wildman–Crippen MR) is 82.9 cm³/mol. The van der Waals surface area contributed by atoms with Crippen LogP contribution in [-0.2, 0) is 11.2 Å². The zero-order valence-electron chi connectivity index (χ0n) is 11.6. The summed E-state index contributed by atoms with van der Waals surface area (Å²) in [5.74, 6) is 1.08. The summed E-state index contributed by atoms with van der Waals surface area (Å²) >= 11 is 1.83. The zero-order chi connectivity index (χ0) is 13.5. The highest BCUT2D eigenvalue weighted by atomic mass is 32.2. The van der Waals surface area contributed by atoms with Crippen molar-refractivity contribution in [1.82, 2.24) is 5.32 Å². The summed E-state index contributed by atoms with van der Waals surface area (Å²) in [6.45, 7) is 2.96. The lowest BCUT2D eigenvalue weighted by Crippen LogP contribution is -2.30. The van der Waals surface area contributed by atoms with Gasteiger partial charge in [-0.05, 0) is 25.3 Å². The van der Waals surface area contributed by atoms with Gasteiger partial charge in [-0.2, -0.15) is 0 Å². The molecule has 1 aliphatic heterocycles. The normalized spacial score (nSPS) is 20.1. The van der Waals surface area contributed by atoms with Crippen LogP contribution in [-0.4, -0.2) is 36.7 Å². The van der Waals surface area contributed by atoms with E-state index in [9.17, 15) is 0 Å². The molecule has 3 nitrogen and oxygen atoms in total. The monoisotopic (exact) mass is 278 g/mol. The number of nitrogens with one attached hydrogen (secondary N) is 1. The number of ether oxygens (including phenoxy) is 1. The molecule has 2 unspecified atom stereocenters. The average molecular weight is 278 g/mol. The first-order valence-electron chi connectivity index (χ1n) is 6.78. The van der Waals surface area contributed by atoms with E-state index in [4.69, 9.17) is 9.73 Å². The summed E-state index contributed by atoms with van der Waals surface area (Å²) in [6.07, 6.45) is 2.05. The number of nitrogens with zero attached hydrogens (tertiary/aromatic N) is 1. The Hall–Kier alpha value is -1.00. The van der Waals surface area contributed by atoms with Crippen molar-refractivity contribution in [2.24, 2.45) is 4.99 Å². The maximum Gasteiger partial charge on any atom is 0.157 e. The van der Waals surface area contributed by atoms with Crippen molar-refractivity contribution in [3.05, 3.63) is 35.9 Å². The third-order valence-electron chi connectivity index (χ3n) is 3.15. The number of hydrogen-bond acceptors (Lipinski definition) is 4. The first-order valence-corrected chi connectivity index (χ1v) is 7.76. The fraction of sp³-hybridized carbons (Fsp3) is 0.533. The van der Waals surface area contributed by atoms with Crippen molar-refractivity contribution >= 4 is 16.9 Å². The third-order valence-corrected chi connectivity index (χ3v) is 4.20. The Morgan fingerprint density at radius 2 is 2.21 bits per heavy atom. The van der Waals surface area contributed by atoms with Gasteiger partial charge in [-0.1, -0.05) is 42.1 Å². The lowest BCUT2D eigenvalue weighted by atomic mass is 10.1. The molecule has 1 heterocycles. The average Bonchev–Trinajstić information content (AvgIpc) is 2.85. The molecule has 4 heteroatoms. The van der Waals surface area contributed by atoms with Crippen LogP contribution in [0, 0.1) is 0 Å². The Kier molecular flexibility index (Phi) is 5.73. The quantitative estimate of drug-likeness (QED) is 0.868. The minimum atomic E-state index is 0.407.